The topological polar surface area (TPSA) is 30.5 Å². The van der Waals surface area contributed by atoms with Gasteiger partial charge < -0.3 is 14.8 Å². The average Bonchev–Trinajstić information content (AvgIpc) is 3.01. The number of nitrogens with one attached hydrogen (secondary N) is 1. The molecular weight excluding hydrogens is 226 g/mol. The summed E-state index contributed by atoms with van der Waals surface area (Å²) in [4.78, 5) is 0. The predicted octanol–water partition coefficient (Wildman–Crippen LogP) is 2.59. The Morgan fingerprint density at radius 2 is 1.83 bits per heavy atom. The molecule has 1 aliphatic heterocycles. The summed E-state index contributed by atoms with van der Waals surface area (Å²) in [7, 11) is 3.90. The molecule has 0 amide bonds. The van der Waals surface area contributed by atoms with Crippen LogP contribution in [0, 0.1) is 11.8 Å². The van der Waals surface area contributed by atoms with E-state index in [2.05, 4.69) is 40.1 Å². The molecule has 1 heterocycles. The Morgan fingerprint density at radius 1 is 1.22 bits per heavy atom. The third-order valence-electron chi connectivity index (χ3n) is 4.62. The standard InChI is InChI=1S/C15H29NO2/c1-14(2)9-11(15(3,4)18-14)12(16-5)13(17-6)10-7-8-10/h10-13,16H,7-9H2,1-6H3. The maximum Gasteiger partial charge on any atom is 0.0756 e. The minimum Gasteiger partial charge on any atom is -0.380 e. The molecule has 2 fully saturated rings. The van der Waals surface area contributed by atoms with Crippen molar-refractivity contribution in [2.75, 3.05) is 14.2 Å². The van der Waals surface area contributed by atoms with E-state index in [1.807, 2.05) is 7.11 Å². The van der Waals surface area contributed by atoms with Crippen LogP contribution >= 0.6 is 0 Å². The first-order chi connectivity index (χ1) is 8.30. The zero-order valence-electron chi connectivity index (χ0n) is 12.7. The first kappa shape index (κ1) is 14.3. The molecule has 0 bridgehead atoms. The van der Waals surface area contributed by atoms with E-state index in [0.717, 1.165) is 12.3 Å². The maximum absolute atomic E-state index is 6.23. The van der Waals surface area contributed by atoms with Crippen LogP contribution in [0.5, 0.6) is 0 Å². The molecule has 2 aliphatic rings. The van der Waals surface area contributed by atoms with Crippen molar-refractivity contribution >= 4 is 0 Å². The quantitative estimate of drug-likeness (QED) is 0.819. The van der Waals surface area contributed by atoms with Crippen LogP contribution in [-0.2, 0) is 9.47 Å². The van der Waals surface area contributed by atoms with Crippen molar-refractivity contribution in [2.24, 2.45) is 11.8 Å². The Bertz CT molecular complexity index is 297. The van der Waals surface area contributed by atoms with E-state index in [0.29, 0.717) is 18.1 Å². The lowest BCUT2D eigenvalue weighted by Crippen LogP contribution is -2.51. The number of methoxy groups -OCH3 is 1. The second-order valence-corrected chi connectivity index (χ2v) is 7.13. The summed E-state index contributed by atoms with van der Waals surface area (Å²) in [5, 5.41) is 3.50. The normalized spacial score (nSPS) is 33.3. The fourth-order valence-corrected chi connectivity index (χ4v) is 3.82. The van der Waals surface area contributed by atoms with Gasteiger partial charge in [-0.3, -0.25) is 0 Å². The highest BCUT2D eigenvalue weighted by Crippen LogP contribution is 2.47. The zero-order chi connectivity index (χ0) is 13.6. The van der Waals surface area contributed by atoms with Gasteiger partial charge in [0.25, 0.3) is 0 Å². The molecule has 0 radical (unpaired) electrons. The molecule has 3 unspecified atom stereocenters. The van der Waals surface area contributed by atoms with Crippen LogP contribution in [-0.4, -0.2) is 37.5 Å². The number of ether oxygens (including phenoxy) is 2. The van der Waals surface area contributed by atoms with Crippen molar-refractivity contribution in [3.8, 4) is 0 Å². The van der Waals surface area contributed by atoms with Crippen molar-refractivity contribution in [1.29, 1.82) is 0 Å². The van der Waals surface area contributed by atoms with Crippen LogP contribution < -0.4 is 5.32 Å². The molecule has 3 heteroatoms. The van der Waals surface area contributed by atoms with Gasteiger partial charge in [-0.15, -0.1) is 0 Å². The van der Waals surface area contributed by atoms with Crippen LogP contribution in [0.2, 0.25) is 0 Å². The molecule has 3 atom stereocenters. The van der Waals surface area contributed by atoms with Gasteiger partial charge in [-0.1, -0.05) is 0 Å². The van der Waals surface area contributed by atoms with Gasteiger partial charge in [-0.25, -0.2) is 0 Å². The Balaban J connectivity index is 2.16. The van der Waals surface area contributed by atoms with Gasteiger partial charge >= 0.3 is 0 Å². The van der Waals surface area contributed by atoms with E-state index in [1.54, 1.807) is 0 Å². The molecule has 0 aromatic rings. The second-order valence-electron chi connectivity index (χ2n) is 7.13. The zero-order valence-corrected chi connectivity index (χ0v) is 12.7. The minimum absolute atomic E-state index is 0.0227. The fourth-order valence-electron chi connectivity index (χ4n) is 3.82. The van der Waals surface area contributed by atoms with E-state index in [4.69, 9.17) is 9.47 Å². The van der Waals surface area contributed by atoms with E-state index >= 15 is 0 Å². The molecule has 1 saturated heterocycles. The van der Waals surface area contributed by atoms with Crippen molar-refractivity contribution in [2.45, 2.75) is 70.3 Å². The molecule has 106 valence electrons. The van der Waals surface area contributed by atoms with Crippen molar-refractivity contribution in [3.63, 3.8) is 0 Å². The highest BCUT2D eigenvalue weighted by Gasteiger charge is 2.52. The fraction of sp³-hybridized carbons (Fsp3) is 1.00. The highest BCUT2D eigenvalue weighted by atomic mass is 16.5. The smallest absolute Gasteiger partial charge is 0.0756 e. The lowest BCUT2D eigenvalue weighted by atomic mass is 9.78. The summed E-state index contributed by atoms with van der Waals surface area (Å²) in [5.74, 6) is 1.25. The van der Waals surface area contributed by atoms with Crippen LogP contribution in [0.3, 0.4) is 0 Å². The van der Waals surface area contributed by atoms with Crippen molar-refractivity contribution in [3.05, 3.63) is 0 Å². The molecule has 2 rings (SSSR count). The molecule has 0 aromatic carbocycles. The summed E-state index contributed by atoms with van der Waals surface area (Å²) in [6, 6.07) is 0.388. The van der Waals surface area contributed by atoms with Crippen LogP contribution in [0.15, 0.2) is 0 Å². The SMILES string of the molecule is CNC(C(OC)C1CC1)C1CC(C)(C)OC1(C)C. The van der Waals surface area contributed by atoms with Crippen molar-refractivity contribution < 1.29 is 9.47 Å². The Hall–Kier alpha value is -0.120. The molecule has 1 N–H and O–H groups in total. The Labute approximate surface area is 112 Å². The molecule has 1 aliphatic carbocycles. The minimum atomic E-state index is -0.0805. The predicted molar refractivity (Wildman–Crippen MR) is 73.7 cm³/mol. The summed E-state index contributed by atoms with van der Waals surface area (Å²) in [6.45, 7) is 8.83. The summed E-state index contributed by atoms with van der Waals surface area (Å²) < 4.78 is 12.0. The van der Waals surface area contributed by atoms with Gasteiger partial charge in [0, 0.05) is 19.1 Å². The summed E-state index contributed by atoms with van der Waals surface area (Å²) >= 11 is 0. The number of likely N-dealkylation sites (N-methyl/N-ethyl adjacent to an activating group) is 1. The van der Waals surface area contributed by atoms with Gasteiger partial charge in [0.05, 0.1) is 17.3 Å². The molecule has 3 nitrogen and oxygen atoms in total. The van der Waals surface area contributed by atoms with E-state index in [-0.39, 0.29) is 11.2 Å². The van der Waals surface area contributed by atoms with Gasteiger partial charge in [0.2, 0.25) is 0 Å². The number of hydrogen-bond acceptors (Lipinski definition) is 3. The average molecular weight is 255 g/mol. The maximum atomic E-state index is 6.23. The summed E-state index contributed by atoms with van der Waals surface area (Å²) in [6.07, 6.45) is 4.05. The highest BCUT2D eigenvalue weighted by molar-refractivity contribution is 5.04. The second kappa shape index (κ2) is 4.77. The van der Waals surface area contributed by atoms with Crippen molar-refractivity contribution in [1.82, 2.24) is 5.32 Å². The first-order valence-electron chi connectivity index (χ1n) is 7.21. The van der Waals surface area contributed by atoms with Crippen LogP contribution in [0.1, 0.15) is 47.0 Å². The van der Waals surface area contributed by atoms with E-state index in [1.165, 1.54) is 12.8 Å². The molecule has 1 saturated carbocycles. The van der Waals surface area contributed by atoms with Gasteiger partial charge in [0.1, 0.15) is 0 Å². The summed E-state index contributed by atoms with van der Waals surface area (Å²) in [5.41, 5.74) is -0.103. The van der Waals surface area contributed by atoms with E-state index < -0.39 is 0 Å². The third-order valence-corrected chi connectivity index (χ3v) is 4.62. The van der Waals surface area contributed by atoms with Crippen LogP contribution in [0.25, 0.3) is 0 Å². The van der Waals surface area contributed by atoms with Gasteiger partial charge in [0.15, 0.2) is 0 Å². The van der Waals surface area contributed by atoms with Gasteiger partial charge in [-0.2, -0.15) is 0 Å². The monoisotopic (exact) mass is 255 g/mol. The molecule has 18 heavy (non-hydrogen) atoms. The Kier molecular flexibility index (Phi) is 3.79. The third kappa shape index (κ3) is 2.73. The number of hydrogen-bond donors (Lipinski definition) is 1. The molecular formula is C15H29NO2. The lowest BCUT2D eigenvalue weighted by molar-refractivity contribution is -0.0849. The molecule has 0 aromatic heterocycles. The Morgan fingerprint density at radius 3 is 2.17 bits per heavy atom. The van der Waals surface area contributed by atoms with E-state index in [9.17, 15) is 0 Å². The van der Waals surface area contributed by atoms with Gasteiger partial charge in [-0.05, 0) is 59.9 Å². The lowest BCUT2D eigenvalue weighted by Gasteiger charge is -2.37. The number of rotatable bonds is 5. The largest absolute Gasteiger partial charge is 0.380 e. The molecule has 0 spiro atoms. The van der Waals surface area contributed by atoms with Crippen LogP contribution in [0.4, 0.5) is 0 Å². The first-order valence-corrected chi connectivity index (χ1v) is 7.21.